The van der Waals surface area contributed by atoms with E-state index in [4.69, 9.17) is 5.26 Å². The third kappa shape index (κ3) is 2.95. The summed E-state index contributed by atoms with van der Waals surface area (Å²) in [5.41, 5.74) is -0.865. The first-order valence-electron chi connectivity index (χ1n) is 5.75. The molecule has 1 aliphatic rings. The van der Waals surface area contributed by atoms with Gasteiger partial charge in [-0.15, -0.1) is 0 Å². The molecule has 1 aliphatic carbocycles. The highest BCUT2D eigenvalue weighted by Crippen LogP contribution is 2.31. The van der Waals surface area contributed by atoms with Crippen molar-refractivity contribution in [3.63, 3.8) is 0 Å². The molecular weight excluding hydrogens is 188 g/mol. The first-order chi connectivity index (χ1) is 7.03. The van der Waals surface area contributed by atoms with Crippen molar-refractivity contribution in [1.82, 2.24) is 4.90 Å². The van der Waals surface area contributed by atoms with Crippen LogP contribution in [0.2, 0.25) is 0 Å². The van der Waals surface area contributed by atoms with Crippen LogP contribution in [0.4, 0.5) is 0 Å². The molecule has 84 valence electrons. The van der Waals surface area contributed by atoms with E-state index in [-0.39, 0.29) is 5.91 Å². The lowest BCUT2D eigenvalue weighted by Crippen LogP contribution is -2.42. The number of nitrogens with zero attached hydrogens (tertiary/aromatic N) is 2. The Balaban J connectivity index is 2.63. The summed E-state index contributed by atoms with van der Waals surface area (Å²) in [5, 5.41) is 8.94. The van der Waals surface area contributed by atoms with Crippen molar-refractivity contribution in [3.8, 4) is 6.07 Å². The van der Waals surface area contributed by atoms with Gasteiger partial charge < -0.3 is 4.90 Å². The molecule has 0 aromatic heterocycles. The van der Waals surface area contributed by atoms with E-state index in [1.54, 1.807) is 13.8 Å². The van der Waals surface area contributed by atoms with Crippen molar-refractivity contribution >= 4 is 5.91 Å². The third-order valence-corrected chi connectivity index (χ3v) is 2.82. The molecule has 1 rings (SSSR count). The fourth-order valence-electron chi connectivity index (χ4n) is 1.57. The van der Waals surface area contributed by atoms with Gasteiger partial charge in [0.1, 0.15) is 5.41 Å². The van der Waals surface area contributed by atoms with E-state index in [1.165, 1.54) is 0 Å². The SMILES string of the molecule is CCCCN(C(=O)C(C)(C)C#N)C1CC1. The molecule has 1 amide bonds. The van der Waals surface area contributed by atoms with Crippen LogP contribution in [0.1, 0.15) is 46.5 Å². The predicted molar refractivity (Wildman–Crippen MR) is 59.0 cm³/mol. The van der Waals surface area contributed by atoms with Crippen molar-refractivity contribution in [2.45, 2.75) is 52.5 Å². The number of nitriles is 1. The van der Waals surface area contributed by atoms with E-state index in [2.05, 4.69) is 13.0 Å². The number of carbonyl (C=O) groups is 1. The standard InChI is InChI=1S/C12H20N2O/c1-4-5-8-14(10-6-7-10)11(15)12(2,3)9-13/h10H,4-8H2,1-3H3. The van der Waals surface area contributed by atoms with Gasteiger partial charge >= 0.3 is 0 Å². The average molecular weight is 208 g/mol. The Labute approximate surface area is 92.1 Å². The summed E-state index contributed by atoms with van der Waals surface area (Å²) >= 11 is 0. The van der Waals surface area contributed by atoms with Gasteiger partial charge in [-0.05, 0) is 33.1 Å². The Morgan fingerprint density at radius 1 is 1.53 bits per heavy atom. The van der Waals surface area contributed by atoms with E-state index < -0.39 is 5.41 Å². The highest BCUT2D eigenvalue weighted by atomic mass is 16.2. The first kappa shape index (κ1) is 12.0. The molecule has 0 unspecified atom stereocenters. The van der Waals surface area contributed by atoms with Gasteiger partial charge in [-0.25, -0.2) is 0 Å². The molecule has 0 radical (unpaired) electrons. The molecule has 0 saturated heterocycles. The van der Waals surface area contributed by atoms with Crippen LogP contribution in [0.3, 0.4) is 0 Å². The van der Waals surface area contributed by atoms with Gasteiger partial charge in [0.15, 0.2) is 0 Å². The molecule has 1 saturated carbocycles. The van der Waals surface area contributed by atoms with E-state index >= 15 is 0 Å². The van der Waals surface area contributed by atoms with E-state index in [0.717, 1.165) is 32.2 Å². The van der Waals surface area contributed by atoms with Crippen LogP contribution in [0.25, 0.3) is 0 Å². The van der Waals surface area contributed by atoms with Crippen molar-refractivity contribution in [2.24, 2.45) is 5.41 Å². The molecule has 3 heteroatoms. The Kier molecular flexibility index (Phi) is 3.73. The van der Waals surface area contributed by atoms with Gasteiger partial charge in [0.2, 0.25) is 5.91 Å². The van der Waals surface area contributed by atoms with Gasteiger partial charge in [-0.2, -0.15) is 5.26 Å². The number of rotatable bonds is 5. The number of hydrogen-bond acceptors (Lipinski definition) is 2. The van der Waals surface area contributed by atoms with Crippen molar-refractivity contribution in [1.29, 1.82) is 5.26 Å². The topological polar surface area (TPSA) is 44.1 Å². The molecule has 0 N–H and O–H groups in total. The summed E-state index contributed by atoms with van der Waals surface area (Å²) in [6.07, 6.45) is 4.33. The highest BCUT2D eigenvalue weighted by molar-refractivity contribution is 5.85. The van der Waals surface area contributed by atoms with Crippen LogP contribution in [-0.4, -0.2) is 23.4 Å². The fraction of sp³-hybridized carbons (Fsp3) is 0.833. The van der Waals surface area contributed by atoms with E-state index in [1.807, 2.05) is 4.90 Å². The second-order valence-corrected chi connectivity index (χ2v) is 4.82. The Morgan fingerprint density at radius 3 is 2.53 bits per heavy atom. The van der Waals surface area contributed by atoms with Gasteiger partial charge in [-0.3, -0.25) is 4.79 Å². The molecule has 3 nitrogen and oxygen atoms in total. The van der Waals surface area contributed by atoms with Crippen LogP contribution < -0.4 is 0 Å². The lowest BCUT2D eigenvalue weighted by molar-refractivity contribution is -0.138. The molecule has 15 heavy (non-hydrogen) atoms. The Hall–Kier alpha value is -1.04. The summed E-state index contributed by atoms with van der Waals surface area (Å²) in [6, 6.07) is 2.50. The minimum Gasteiger partial charge on any atom is -0.338 e. The van der Waals surface area contributed by atoms with Crippen molar-refractivity contribution in [2.75, 3.05) is 6.54 Å². The summed E-state index contributed by atoms with van der Waals surface area (Å²) < 4.78 is 0. The average Bonchev–Trinajstić information content (AvgIpc) is 3.02. The molecule has 1 fully saturated rings. The predicted octanol–water partition coefficient (Wildman–Crippen LogP) is 2.33. The highest BCUT2D eigenvalue weighted by Gasteiger charge is 2.39. The van der Waals surface area contributed by atoms with Crippen LogP contribution in [-0.2, 0) is 4.79 Å². The van der Waals surface area contributed by atoms with Crippen LogP contribution in [0, 0.1) is 16.7 Å². The number of hydrogen-bond donors (Lipinski definition) is 0. The van der Waals surface area contributed by atoms with Crippen molar-refractivity contribution in [3.05, 3.63) is 0 Å². The summed E-state index contributed by atoms with van der Waals surface area (Å²) in [6.45, 7) is 6.34. The molecule has 0 aliphatic heterocycles. The molecule has 0 atom stereocenters. The Morgan fingerprint density at radius 2 is 2.13 bits per heavy atom. The minimum absolute atomic E-state index is 0.000880. The summed E-state index contributed by atoms with van der Waals surface area (Å²) in [4.78, 5) is 14.0. The van der Waals surface area contributed by atoms with Crippen molar-refractivity contribution < 1.29 is 4.79 Å². The van der Waals surface area contributed by atoms with Gasteiger partial charge in [0.25, 0.3) is 0 Å². The van der Waals surface area contributed by atoms with Crippen LogP contribution >= 0.6 is 0 Å². The quantitative estimate of drug-likeness (QED) is 0.696. The van der Waals surface area contributed by atoms with Crippen LogP contribution in [0.15, 0.2) is 0 Å². The van der Waals surface area contributed by atoms with Crippen LogP contribution in [0.5, 0.6) is 0 Å². The summed E-state index contributed by atoms with van der Waals surface area (Å²) in [5.74, 6) is 0.000880. The molecule has 0 aromatic rings. The molecule has 0 aromatic carbocycles. The third-order valence-electron chi connectivity index (χ3n) is 2.82. The number of carbonyl (C=O) groups excluding carboxylic acids is 1. The lowest BCUT2D eigenvalue weighted by atomic mass is 9.93. The van der Waals surface area contributed by atoms with Gasteiger partial charge in [0.05, 0.1) is 6.07 Å². The maximum atomic E-state index is 12.1. The van der Waals surface area contributed by atoms with E-state index in [9.17, 15) is 4.79 Å². The smallest absolute Gasteiger partial charge is 0.242 e. The molecular formula is C12H20N2O. The fourth-order valence-corrected chi connectivity index (χ4v) is 1.57. The largest absolute Gasteiger partial charge is 0.338 e. The Bertz CT molecular complexity index is 274. The lowest BCUT2D eigenvalue weighted by Gasteiger charge is -2.27. The monoisotopic (exact) mass is 208 g/mol. The van der Waals surface area contributed by atoms with Gasteiger partial charge in [0, 0.05) is 12.6 Å². The molecule has 0 bridgehead atoms. The maximum absolute atomic E-state index is 12.1. The second-order valence-electron chi connectivity index (χ2n) is 4.82. The van der Waals surface area contributed by atoms with E-state index in [0.29, 0.717) is 6.04 Å². The van der Waals surface area contributed by atoms with Gasteiger partial charge in [-0.1, -0.05) is 13.3 Å². The zero-order chi connectivity index (χ0) is 11.5. The number of unbranched alkanes of at least 4 members (excludes halogenated alkanes) is 1. The molecule has 0 spiro atoms. The molecule has 0 heterocycles. The summed E-state index contributed by atoms with van der Waals surface area (Å²) in [7, 11) is 0. The second kappa shape index (κ2) is 4.65. The number of amides is 1. The first-order valence-corrected chi connectivity index (χ1v) is 5.75. The normalized spacial score (nSPS) is 15.9. The maximum Gasteiger partial charge on any atom is 0.242 e. The zero-order valence-electron chi connectivity index (χ0n) is 9.92. The minimum atomic E-state index is -0.865. The zero-order valence-corrected chi connectivity index (χ0v) is 9.92.